The maximum Gasteiger partial charge on any atom is 0.242 e. The highest BCUT2D eigenvalue weighted by molar-refractivity contribution is 14.1. The summed E-state index contributed by atoms with van der Waals surface area (Å²) in [7, 11) is 0. The van der Waals surface area contributed by atoms with Crippen LogP contribution in [-0.4, -0.2) is 16.1 Å². The number of hydrogen-bond donors (Lipinski definition) is 1. The molecular formula is C11H14INO3. The average molecular weight is 335 g/mol. The van der Waals surface area contributed by atoms with E-state index in [2.05, 4.69) is 22.6 Å². The van der Waals surface area contributed by atoms with Crippen molar-refractivity contribution in [1.29, 1.82) is 0 Å². The Morgan fingerprint density at radius 1 is 1.50 bits per heavy atom. The SMILES string of the molecule is CC[C@@H]([C@H](O)c1cc(C)cc(I)c1)[N+](=O)[O-]. The van der Waals surface area contributed by atoms with E-state index < -0.39 is 17.1 Å². The van der Waals surface area contributed by atoms with Crippen LogP contribution in [0.3, 0.4) is 0 Å². The van der Waals surface area contributed by atoms with Gasteiger partial charge in [0.2, 0.25) is 6.04 Å². The molecule has 0 spiro atoms. The molecule has 16 heavy (non-hydrogen) atoms. The zero-order valence-corrected chi connectivity index (χ0v) is 11.3. The van der Waals surface area contributed by atoms with Gasteiger partial charge in [-0.1, -0.05) is 13.0 Å². The molecule has 0 radical (unpaired) electrons. The smallest absolute Gasteiger partial charge is 0.242 e. The molecule has 0 aliphatic carbocycles. The summed E-state index contributed by atoms with van der Waals surface area (Å²) in [6.45, 7) is 3.61. The lowest BCUT2D eigenvalue weighted by atomic mass is 9.99. The Hall–Kier alpha value is -0.690. The number of aryl methyl sites for hydroxylation is 1. The van der Waals surface area contributed by atoms with Gasteiger partial charge in [-0.15, -0.1) is 0 Å². The largest absolute Gasteiger partial charge is 0.381 e. The van der Waals surface area contributed by atoms with E-state index in [1.165, 1.54) is 0 Å². The van der Waals surface area contributed by atoms with Gasteiger partial charge in [-0.05, 0) is 52.8 Å². The molecule has 1 N–H and O–H groups in total. The second-order valence-electron chi connectivity index (χ2n) is 3.77. The molecule has 2 atom stereocenters. The summed E-state index contributed by atoms with van der Waals surface area (Å²) in [5.41, 5.74) is 1.62. The molecule has 5 heteroatoms. The lowest BCUT2D eigenvalue weighted by Crippen LogP contribution is -2.26. The monoisotopic (exact) mass is 335 g/mol. The van der Waals surface area contributed by atoms with Crippen molar-refractivity contribution in [1.82, 2.24) is 0 Å². The fourth-order valence-electron chi connectivity index (χ4n) is 1.65. The standard InChI is InChI=1S/C11H14INO3/c1-3-10(13(15)16)11(14)8-4-7(2)5-9(12)6-8/h4-6,10-11,14H,3H2,1-2H3/t10-,11+/m0/s1. The highest BCUT2D eigenvalue weighted by atomic mass is 127. The quantitative estimate of drug-likeness (QED) is 0.523. The minimum Gasteiger partial charge on any atom is -0.381 e. The minimum atomic E-state index is -1.03. The van der Waals surface area contributed by atoms with Crippen molar-refractivity contribution in [3.63, 3.8) is 0 Å². The van der Waals surface area contributed by atoms with Gasteiger partial charge in [-0.3, -0.25) is 10.1 Å². The normalized spacial score (nSPS) is 14.5. The Morgan fingerprint density at radius 2 is 2.12 bits per heavy atom. The summed E-state index contributed by atoms with van der Waals surface area (Å²) < 4.78 is 0.977. The molecule has 1 aromatic carbocycles. The lowest BCUT2D eigenvalue weighted by Gasteiger charge is -2.15. The number of aliphatic hydroxyl groups excluding tert-OH is 1. The van der Waals surface area contributed by atoms with Crippen molar-refractivity contribution in [2.45, 2.75) is 32.4 Å². The third-order valence-corrected chi connectivity index (χ3v) is 3.08. The molecule has 0 heterocycles. The first-order valence-electron chi connectivity index (χ1n) is 5.04. The lowest BCUT2D eigenvalue weighted by molar-refractivity contribution is -0.536. The van der Waals surface area contributed by atoms with Crippen LogP contribution in [0.2, 0.25) is 0 Å². The van der Waals surface area contributed by atoms with Crippen LogP contribution in [0.25, 0.3) is 0 Å². The van der Waals surface area contributed by atoms with E-state index in [1.807, 2.05) is 13.0 Å². The van der Waals surface area contributed by atoms with E-state index in [0.29, 0.717) is 12.0 Å². The van der Waals surface area contributed by atoms with Crippen molar-refractivity contribution < 1.29 is 10.0 Å². The van der Waals surface area contributed by atoms with E-state index in [1.54, 1.807) is 19.1 Å². The Morgan fingerprint density at radius 3 is 2.56 bits per heavy atom. The fourth-order valence-corrected chi connectivity index (χ4v) is 2.50. The number of aliphatic hydroxyl groups is 1. The molecule has 0 saturated heterocycles. The fraction of sp³-hybridized carbons (Fsp3) is 0.455. The van der Waals surface area contributed by atoms with Crippen LogP contribution in [0.5, 0.6) is 0 Å². The van der Waals surface area contributed by atoms with E-state index in [0.717, 1.165) is 9.13 Å². The number of hydrogen-bond acceptors (Lipinski definition) is 3. The third kappa shape index (κ3) is 3.15. The molecule has 0 aliphatic rings. The third-order valence-electron chi connectivity index (χ3n) is 2.46. The molecule has 1 aromatic rings. The van der Waals surface area contributed by atoms with Gasteiger partial charge in [-0.25, -0.2) is 0 Å². The summed E-state index contributed by atoms with van der Waals surface area (Å²) in [5, 5.41) is 20.7. The molecule has 1 rings (SSSR count). The number of benzene rings is 1. The van der Waals surface area contributed by atoms with Crippen LogP contribution < -0.4 is 0 Å². The summed E-state index contributed by atoms with van der Waals surface area (Å²) >= 11 is 2.14. The Labute approximate surface area is 108 Å². The predicted molar refractivity (Wildman–Crippen MR) is 69.9 cm³/mol. The van der Waals surface area contributed by atoms with Crippen LogP contribution in [0.4, 0.5) is 0 Å². The topological polar surface area (TPSA) is 63.4 Å². The molecule has 4 nitrogen and oxygen atoms in total. The van der Waals surface area contributed by atoms with E-state index >= 15 is 0 Å². The van der Waals surface area contributed by atoms with E-state index in [4.69, 9.17) is 0 Å². The Balaban J connectivity index is 3.02. The number of nitro groups is 1. The van der Waals surface area contributed by atoms with Crippen LogP contribution in [0.15, 0.2) is 18.2 Å². The molecular weight excluding hydrogens is 321 g/mol. The Kier molecular flexibility index (Phi) is 4.67. The van der Waals surface area contributed by atoms with Crippen molar-refractivity contribution in [2.75, 3.05) is 0 Å². The van der Waals surface area contributed by atoms with E-state index in [-0.39, 0.29) is 0 Å². The van der Waals surface area contributed by atoms with Crippen LogP contribution in [0, 0.1) is 20.6 Å². The first-order chi connectivity index (χ1) is 7.45. The summed E-state index contributed by atoms with van der Waals surface area (Å²) in [4.78, 5) is 10.3. The molecule has 0 bridgehead atoms. The van der Waals surface area contributed by atoms with Crippen molar-refractivity contribution in [3.05, 3.63) is 43.0 Å². The predicted octanol–water partition coefficient (Wildman–Crippen LogP) is 2.69. The van der Waals surface area contributed by atoms with Gasteiger partial charge in [0.05, 0.1) is 0 Å². The van der Waals surface area contributed by atoms with E-state index in [9.17, 15) is 15.2 Å². The molecule has 0 aliphatic heterocycles. The van der Waals surface area contributed by atoms with Gasteiger partial charge in [0.15, 0.2) is 0 Å². The van der Waals surface area contributed by atoms with Crippen LogP contribution >= 0.6 is 22.6 Å². The van der Waals surface area contributed by atoms with Gasteiger partial charge in [-0.2, -0.15) is 0 Å². The first-order valence-corrected chi connectivity index (χ1v) is 6.12. The second-order valence-corrected chi connectivity index (χ2v) is 5.01. The van der Waals surface area contributed by atoms with Gasteiger partial charge in [0.25, 0.3) is 0 Å². The van der Waals surface area contributed by atoms with Gasteiger partial charge in [0, 0.05) is 14.9 Å². The summed E-state index contributed by atoms with van der Waals surface area (Å²) in [6, 6.07) is 4.60. The van der Waals surface area contributed by atoms with Crippen LogP contribution in [0.1, 0.15) is 30.6 Å². The van der Waals surface area contributed by atoms with Crippen molar-refractivity contribution in [3.8, 4) is 0 Å². The molecule has 0 amide bonds. The van der Waals surface area contributed by atoms with Crippen LogP contribution in [-0.2, 0) is 0 Å². The number of rotatable bonds is 4. The molecule has 0 unspecified atom stereocenters. The molecule has 88 valence electrons. The highest BCUT2D eigenvalue weighted by Crippen LogP contribution is 2.23. The Bertz CT molecular complexity index is 375. The zero-order chi connectivity index (χ0) is 12.3. The van der Waals surface area contributed by atoms with Gasteiger partial charge in [0.1, 0.15) is 6.10 Å². The summed E-state index contributed by atoms with van der Waals surface area (Å²) in [5.74, 6) is 0. The highest BCUT2D eigenvalue weighted by Gasteiger charge is 2.29. The van der Waals surface area contributed by atoms with Crippen molar-refractivity contribution in [2.24, 2.45) is 0 Å². The second kappa shape index (κ2) is 5.58. The number of nitrogens with zero attached hydrogens (tertiary/aromatic N) is 1. The molecule has 0 aromatic heterocycles. The minimum absolute atomic E-state index is 0.318. The average Bonchev–Trinajstić information content (AvgIpc) is 2.16. The zero-order valence-electron chi connectivity index (χ0n) is 9.18. The van der Waals surface area contributed by atoms with Gasteiger partial charge >= 0.3 is 0 Å². The van der Waals surface area contributed by atoms with Gasteiger partial charge < -0.3 is 5.11 Å². The number of halogens is 1. The summed E-state index contributed by atoms with van der Waals surface area (Å²) in [6.07, 6.45) is -0.716. The maximum absolute atomic E-state index is 10.8. The maximum atomic E-state index is 10.8. The molecule has 0 saturated carbocycles. The van der Waals surface area contributed by atoms with Crippen molar-refractivity contribution >= 4 is 22.6 Å². The first kappa shape index (κ1) is 13.4. The molecule has 0 fully saturated rings.